The second-order valence-corrected chi connectivity index (χ2v) is 11.1. The first-order chi connectivity index (χ1) is 21.9. The Morgan fingerprint density at radius 1 is 0.696 bits per heavy atom. The largest absolute Gasteiger partial charge is 0.507 e. The number of Topliss-reactive ketones (excluding diaryl/α,β-unsaturated/α-hetero) is 2. The minimum absolute atomic E-state index is 0.0472. The number of rotatable bonds is 5. The number of benzene rings is 2. The SMILES string of the molecule is COC(=O)[C@@]12Oc3c(-c4ccc(O)c5c4O[C@]4(C(=O)OC)C(=C(OC)CC[C@H]4O)C5=O)ccc(O)c3C(=O)C1=C(OC)CC[C@H]2O. The monoisotopic (exact) mass is 638 g/mol. The first-order valence-electron chi connectivity index (χ1n) is 14.2. The van der Waals surface area contributed by atoms with Crippen LogP contribution in [0.25, 0.3) is 11.1 Å². The van der Waals surface area contributed by atoms with E-state index in [2.05, 4.69) is 0 Å². The molecule has 0 aromatic heterocycles. The van der Waals surface area contributed by atoms with Crippen molar-refractivity contribution in [1.29, 1.82) is 0 Å². The fourth-order valence-corrected chi connectivity index (χ4v) is 6.83. The van der Waals surface area contributed by atoms with Crippen molar-refractivity contribution in [3.05, 3.63) is 58.1 Å². The highest BCUT2D eigenvalue weighted by Gasteiger charge is 2.63. The number of phenols is 2. The van der Waals surface area contributed by atoms with Crippen LogP contribution in [0, 0.1) is 0 Å². The van der Waals surface area contributed by atoms with Crippen molar-refractivity contribution in [2.45, 2.75) is 49.1 Å². The number of ketones is 2. The molecule has 2 aliphatic carbocycles. The van der Waals surface area contributed by atoms with E-state index in [1.165, 1.54) is 26.4 Å². The van der Waals surface area contributed by atoms with Gasteiger partial charge in [-0.25, -0.2) is 9.59 Å². The molecule has 0 radical (unpaired) electrons. The molecule has 6 rings (SSSR count). The highest BCUT2D eigenvalue weighted by atomic mass is 16.6. The lowest BCUT2D eigenvalue weighted by Gasteiger charge is -2.45. The van der Waals surface area contributed by atoms with E-state index in [-0.39, 0.29) is 59.5 Å². The molecule has 14 nitrogen and oxygen atoms in total. The quantitative estimate of drug-likeness (QED) is 0.345. The predicted molar refractivity (Wildman–Crippen MR) is 153 cm³/mol. The Morgan fingerprint density at radius 3 is 1.39 bits per heavy atom. The van der Waals surface area contributed by atoms with Gasteiger partial charge in [0.1, 0.15) is 57.9 Å². The number of hydrogen-bond acceptors (Lipinski definition) is 14. The molecule has 2 aliphatic heterocycles. The lowest BCUT2D eigenvalue weighted by atomic mass is 9.73. The van der Waals surface area contributed by atoms with Crippen LogP contribution in [0.4, 0.5) is 0 Å². The Morgan fingerprint density at radius 2 is 1.07 bits per heavy atom. The molecule has 14 heteroatoms. The Balaban J connectivity index is 1.67. The number of carbonyl (C=O) groups is 4. The van der Waals surface area contributed by atoms with Crippen molar-refractivity contribution in [3.8, 4) is 34.1 Å². The normalized spacial score (nSPS) is 26.5. The molecule has 0 fully saturated rings. The summed E-state index contributed by atoms with van der Waals surface area (Å²) in [7, 11) is 4.66. The maximum atomic E-state index is 14.1. The Bertz CT molecular complexity index is 1660. The van der Waals surface area contributed by atoms with Gasteiger partial charge in [0.15, 0.2) is 0 Å². The van der Waals surface area contributed by atoms with Crippen LogP contribution in [0.1, 0.15) is 46.4 Å². The van der Waals surface area contributed by atoms with Crippen molar-refractivity contribution < 1.29 is 68.0 Å². The third-order valence-corrected chi connectivity index (χ3v) is 8.99. The summed E-state index contributed by atoms with van der Waals surface area (Å²) in [4.78, 5) is 55.1. The van der Waals surface area contributed by atoms with Gasteiger partial charge in [0.25, 0.3) is 11.2 Å². The van der Waals surface area contributed by atoms with Crippen LogP contribution >= 0.6 is 0 Å². The highest BCUT2D eigenvalue weighted by Crippen LogP contribution is 2.56. The van der Waals surface area contributed by atoms with E-state index >= 15 is 0 Å². The number of carbonyl (C=O) groups excluding carboxylic acids is 4. The number of aromatic hydroxyl groups is 2. The van der Waals surface area contributed by atoms with Gasteiger partial charge >= 0.3 is 11.9 Å². The number of aliphatic hydroxyl groups excluding tert-OH is 2. The zero-order valence-electron chi connectivity index (χ0n) is 25.2. The summed E-state index contributed by atoms with van der Waals surface area (Å²) in [6.07, 6.45) is -3.13. The topological polar surface area (TPSA) is 205 Å². The second-order valence-electron chi connectivity index (χ2n) is 11.1. The van der Waals surface area contributed by atoms with Crippen molar-refractivity contribution in [2.75, 3.05) is 28.4 Å². The summed E-state index contributed by atoms with van der Waals surface area (Å²) < 4.78 is 33.3. The highest BCUT2D eigenvalue weighted by molar-refractivity contribution is 6.21. The van der Waals surface area contributed by atoms with Crippen molar-refractivity contribution >= 4 is 23.5 Å². The molecule has 4 aliphatic rings. The first kappa shape index (κ1) is 30.9. The van der Waals surface area contributed by atoms with Gasteiger partial charge in [-0.15, -0.1) is 0 Å². The minimum atomic E-state index is -2.41. The van der Waals surface area contributed by atoms with Crippen LogP contribution in [0.3, 0.4) is 0 Å². The maximum Gasteiger partial charge on any atom is 0.358 e. The van der Waals surface area contributed by atoms with Gasteiger partial charge in [-0.05, 0) is 37.1 Å². The molecule has 0 saturated heterocycles. The number of allylic oxidation sites excluding steroid dienone is 2. The first-order valence-corrected chi connectivity index (χ1v) is 14.2. The Hall–Kier alpha value is -5.08. The smallest absolute Gasteiger partial charge is 0.358 e. The molecule has 4 atom stereocenters. The van der Waals surface area contributed by atoms with Gasteiger partial charge in [0.2, 0.25) is 11.6 Å². The molecule has 242 valence electrons. The Labute approximate surface area is 261 Å². The van der Waals surface area contributed by atoms with Gasteiger partial charge in [0, 0.05) is 24.0 Å². The number of phenolic OH excluding ortho intramolecular Hbond substituents is 2. The van der Waals surface area contributed by atoms with Crippen LogP contribution in [-0.2, 0) is 28.5 Å². The van der Waals surface area contributed by atoms with Crippen LogP contribution in [0.15, 0.2) is 46.9 Å². The van der Waals surface area contributed by atoms with Crippen LogP contribution < -0.4 is 9.47 Å². The number of hydrogen-bond donors (Lipinski definition) is 4. The summed E-state index contributed by atoms with van der Waals surface area (Å²) >= 11 is 0. The predicted octanol–water partition coefficient (Wildman–Crippen LogP) is 1.85. The average Bonchev–Trinajstić information content (AvgIpc) is 3.05. The van der Waals surface area contributed by atoms with E-state index < -0.39 is 81.0 Å². The van der Waals surface area contributed by atoms with E-state index in [0.29, 0.717) is 0 Å². The second kappa shape index (κ2) is 10.8. The van der Waals surface area contributed by atoms with Gasteiger partial charge in [-0.1, -0.05) is 0 Å². The number of fused-ring (bicyclic) bond motifs is 4. The minimum Gasteiger partial charge on any atom is -0.507 e. The molecule has 2 aromatic rings. The lowest BCUT2D eigenvalue weighted by molar-refractivity contribution is -0.168. The molecule has 0 spiro atoms. The summed E-state index contributed by atoms with van der Waals surface area (Å²) in [5, 5.41) is 44.3. The third kappa shape index (κ3) is 3.83. The molecule has 4 N–H and O–H groups in total. The molecule has 2 aromatic carbocycles. The molecule has 2 heterocycles. The van der Waals surface area contributed by atoms with Crippen LogP contribution in [0.2, 0.25) is 0 Å². The van der Waals surface area contributed by atoms with E-state index in [4.69, 9.17) is 28.4 Å². The van der Waals surface area contributed by atoms with Gasteiger partial charge in [0.05, 0.1) is 39.6 Å². The van der Waals surface area contributed by atoms with Crippen molar-refractivity contribution in [1.82, 2.24) is 0 Å². The summed E-state index contributed by atoms with van der Waals surface area (Å²) in [6.45, 7) is 0. The van der Waals surface area contributed by atoms with Crippen molar-refractivity contribution in [3.63, 3.8) is 0 Å². The number of methoxy groups -OCH3 is 4. The molecular formula is C32H30O14. The van der Waals surface area contributed by atoms with Gasteiger partial charge < -0.3 is 48.8 Å². The van der Waals surface area contributed by atoms with Crippen molar-refractivity contribution in [2.24, 2.45) is 0 Å². The van der Waals surface area contributed by atoms with E-state index in [1.54, 1.807) is 0 Å². The zero-order chi connectivity index (χ0) is 33.3. The Kier molecular flexibility index (Phi) is 7.24. The fourth-order valence-electron chi connectivity index (χ4n) is 6.83. The van der Waals surface area contributed by atoms with E-state index in [1.807, 2.05) is 0 Å². The molecule has 46 heavy (non-hydrogen) atoms. The zero-order valence-corrected chi connectivity index (χ0v) is 25.2. The standard InChI is InChI=1S/C32H30O14/c1-41-17-9-11-19(35)31(29(39)43-3)23(17)25(37)21-15(33)7-5-13(27(21)45-31)14-6-8-16(34)22-26(38)24-18(42-2)10-12-20(36)32(24,30(40)44-4)46-28(14)22/h5-8,19-20,33-36H,9-12H2,1-4H3/t19-,20-,31+,32+/m1/s1. The molecule has 0 bridgehead atoms. The number of ether oxygens (including phenoxy) is 6. The average molecular weight is 639 g/mol. The summed E-state index contributed by atoms with van der Waals surface area (Å²) in [5.41, 5.74) is -6.41. The molecule has 0 unspecified atom stereocenters. The van der Waals surface area contributed by atoms with Crippen LogP contribution in [0.5, 0.6) is 23.0 Å². The number of aliphatic hydroxyl groups is 2. The summed E-state index contributed by atoms with van der Waals surface area (Å²) in [6, 6.07) is 4.91. The summed E-state index contributed by atoms with van der Waals surface area (Å²) in [5.74, 6) is -5.80. The lowest BCUT2D eigenvalue weighted by Crippen LogP contribution is -2.62. The van der Waals surface area contributed by atoms with Gasteiger partial charge in [-0.3, -0.25) is 9.59 Å². The third-order valence-electron chi connectivity index (χ3n) is 8.99. The fraction of sp³-hybridized carbons (Fsp3) is 0.375. The van der Waals surface area contributed by atoms with E-state index in [9.17, 15) is 39.6 Å². The van der Waals surface area contributed by atoms with Gasteiger partial charge in [-0.2, -0.15) is 0 Å². The van der Waals surface area contributed by atoms with Crippen LogP contribution in [-0.4, -0.2) is 95.8 Å². The number of esters is 2. The molecule has 0 amide bonds. The maximum absolute atomic E-state index is 14.1. The molecular weight excluding hydrogens is 608 g/mol. The van der Waals surface area contributed by atoms with E-state index in [0.717, 1.165) is 26.4 Å². The molecule has 0 saturated carbocycles.